The maximum Gasteiger partial charge on any atom is 0.264 e. The zero-order chi connectivity index (χ0) is 30.4. The highest BCUT2D eigenvalue weighted by molar-refractivity contribution is 7.92. The second-order valence-electron chi connectivity index (χ2n) is 10.8. The summed E-state index contributed by atoms with van der Waals surface area (Å²) in [5, 5.41) is 3.31. The number of halogens is 1. The minimum Gasteiger partial charge on any atom is -0.494 e. The third-order valence-electron chi connectivity index (χ3n) is 6.22. The SMILES string of the molecule is CCOc1ccc(N(CC(=O)N(Cc2cccc(C)c2)[C@@H](C)C(=O)NC(C)(C)C)S(=O)(=O)c2ccc(Cl)cc2)cc1. The molecule has 3 aromatic rings. The van der Waals surface area contributed by atoms with Crippen molar-refractivity contribution in [3.05, 3.63) is 88.9 Å². The Balaban J connectivity index is 2.04. The van der Waals surface area contributed by atoms with E-state index in [1.54, 1.807) is 31.2 Å². The number of sulfonamides is 1. The van der Waals surface area contributed by atoms with E-state index < -0.39 is 34.1 Å². The van der Waals surface area contributed by atoms with E-state index in [-0.39, 0.29) is 23.0 Å². The number of hydrogen-bond donors (Lipinski definition) is 1. The fraction of sp³-hybridized carbons (Fsp3) is 0.355. The Morgan fingerprint density at radius 3 is 2.20 bits per heavy atom. The Bertz CT molecular complexity index is 1450. The van der Waals surface area contributed by atoms with Crippen molar-refractivity contribution in [2.75, 3.05) is 17.5 Å². The number of nitrogens with one attached hydrogen (secondary N) is 1. The molecule has 0 unspecified atom stereocenters. The highest BCUT2D eigenvalue weighted by Gasteiger charge is 2.33. The Hall–Kier alpha value is -3.56. The average Bonchev–Trinajstić information content (AvgIpc) is 2.90. The number of carbonyl (C=O) groups is 2. The molecule has 0 aliphatic rings. The number of benzene rings is 3. The average molecular weight is 600 g/mol. The minimum absolute atomic E-state index is 0.0210. The predicted molar refractivity (Wildman–Crippen MR) is 163 cm³/mol. The monoisotopic (exact) mass is 599 g/mol. The fourth-order valence-corrected chi connectivity index (χ4v) is 5.74. The summed E-state index contributed by atoms with van der Waals surface area (Å²) in [7, 11) is -4.19. The summed E-state index contributed by atoms with van der Waals surface area (Å²) in [5.74, 6) is -0.305. The smallest absolute Gasteiger partial charge is 0.264 e. The zero-order valence-corrected chi connectivity index (χ0v) is 25.9. The molecular formula is C31H38ClN3O5S. The quantitative estimate of drug-likeness (QED) is 0.311. The van der Waals surface area contributed by atoms with Crippen molar-refractivity contribution in [1.29, 1.82) is 0 Å². The number of hydrogen-bond acceptors (Lipinski definition) is 5. The third kappa shape index (κ3) is 8.71. The molecule has 0 bridgehead atoms. The highest BCUT2D eigenvalue weighted by atomic mass is 35.5. The molecule has 0 radical (unpaired) electrons. The maximum atomic E-state index is 14.0. The van der Waals surface area contributed by atoms with Crippen LogP contribution in [0.1, 0.15) is 45.7 Å². The largest absolute Gasteiger partial charge is 0.494 e. The summed E-state index contributed by atoms with van der Waals surface area (Å²) < 4.78 is 34.4. The van der Waals surface area contributed by atoms with Crippen LogP contribution in [0.2, 0.25) is 5.02 Å². The van der Waals surface area contributed by atoms with E-state index >= 15 is 0 Å². The van der Waals surface area contributed by atoms with E-state index in [2.05, 4.69) is 5.32 Å². The van der Waals surface area contributed by atoms with E-state index in [1.807, 2.05) is 58.9 Å². The van der Waals surface area contributed by atoms with Gasteiger partial charge in [-0.3, -0.25) is 13.9 Å². The molecule has 0 heterocycles. The zero-order valence-electron chi connectivity index (χ0n) is 24.3. The molecule has 8 nitrogen and oxygen atoms in total. The lowest BCUT2D eigenvalue weighted by Gasteiger charge is -2.33. The summed E-state index contributed by atoms with van der Waals surface area (Å²) in [6.45, 7) is 11.1. The molecule has 1 N–H and O–H groups in total. The molecule has 10 heteroatoms. The molecule has 3 aromatic carbocycles. The first kappa shape index (κ1) is 32.0. The van der Waals surface area contributed by atoms with Crippen molar-refractivity contribution in [1.82, 2.24) is 10.2 Å². The van der Waals surface area contributed by atoms with E-state index in [4.69, 9.17) is 16.3 Å². The molecule has 3 rings (SSSR count). The molecule has 0 fully saturated rings. The molecule has 2 amide bonds. The number of ether oxygens (including phenoxy) is 1. The molecule has 0 saturated heterocycles. The van der Waals surface area contributed by atoms with Gasteiger partial charge in [0.1, 0.15) is 18.3 Å². The van der Waals surface area contributed by atoms with Gasteiger partial charge in [-0.2, -0.15) is 0 Å². The Morgan fingerprint density at radius 2 is 1.63 bits per heavy atom. The standard InChI is InChI=1S/C31H38ClN3O5S/c1-7-40-27-15-13-26(14-16-27)35(41(38,39)28-17-11-25(32)12-18-28)21-29(36)34(20-24-10-8-9-22(2)19-24)23(3)30(37)33-31(4,5)6/h8-19,23H,7,20-21H2,1-6H3,(H,33,37)/t23-/m0/s1. The number of rotatable bonds is 11. The van der Waals surface area contributed by atoms with Gasteiger partial charge >= 0.3 is 0 Å². The van der Waals surface area contributed by atoms with Gasteiger partial charge in [0, 0.05) is 17.1 Å². The first-order chi connectivity index (χ1) is 19.2. The number of aryl methyl sites for hydroxylation is 1. The van der Waals surface area contributed by atoms with Crippen LogP contribution in [0.5, 0.6) is 5.75 Å². The second-order valence-corrected chi connectivity index (χ2v) is 13.1. The van der Waals surface area contributed by atoms with Crippen LogP contribution in [-0.2, 0) is 26.2 Å². The molecule has 1 atom stereocenters. The normalized spacial score (nSPS) is 12.4. The van der Waals surface area contributed by atoms with Gasteiger partial charge in [-0.05, 0) is 95.6 Å². The highest BCUT2D eigenvalue weighted by Crippen LogP contribution is 2.27. The van der Waals surface area contributed by atoms with Crippen molar-refractivity contribution in [2.45, 2.75) is 64.6 Å². The summed E-state index contributed by atoms with van der Waals surface area (Å²) in [6, 6.07) is 19.0. The van der Waals surface area contributed by atoms with Crippen LogP contribution in [0.25, 0.3) is 0 Å². The summed E-state index contributed by atoms with van der Waals surface area (Å²) in [6.07, 6.45) is 0. The van der Waals surface area contributed by atoms with Crippen molar-refractivity contribution in [3.8, 4) is 5.75 Å². The lowest BCUT2D eigenvalue weighted by molar-refractivity contribution is -0.140. The van der Waals surface area contributed by atoms with Gasteiger partial charge in [-0.15, -0.1) is 0 Å². The van der Waals surface area contributed by atoms with Crippen LogP contribution in [0, 0.1) is 6.92 Å². The van der Waals surface area contributed by atoms with Gasteiger partial charge in [0.05, 0.1) is 17.2 Å². The molecule has 0 aliphatic heterocycles. The number of nitrogens with zero attached hydrogens (tertiary/aromatic N) is 2. The van der Waals surface area contributed by atoms with Gasteiger partial charge in [0.2, 0.25) is 11.8 Å². The molecular weight excluding hydrogens is 562 g/mol. The van der Waals surface area contributed by atoms with Gasteiger partial charge in [-0.25, -0.2) is 8.42 Å². The Labute approximate surface area is 248 Å². The van der Waals surface area contributed by atoms with Gasteiger partial charge in [0.15, 0.2) is 0 Å². The number of carbonyl (C=O) groups excluding carboxylic acids is 2. The van der Waals surface area contributed by atoms with Crippen LogP contribution in [0.3, 0.4) is 0 Å². The van der Waals surface area contributed by atoms with Crippen LogP contribution in [-0.4, -0.2) is 49.9 Å². The van der Waals surface area contributed by atoms with Crippen LogP contribution < -0.4 is 14.4 Å². The van der Waals surface area contributed by atoms with Gasteiger partial charge < -0.3 is 15.0 Å². The first-order valence-corrected chi connectivity index (χ1v) is 15.2. The molecule has 0 aromatic heterocycles. The third-order valence-corrected chi connectivity index (χ3v) is 8.26. The van der Waals surface area contributed by atoms with Crippen molar-refractivity contribution < 1.29 is 22.7 Å². The summed E-state index contributed by atoms with van der Waals surface area (Å²) >= 11 is 6.01. The van der Waals surface area contributed by atoms with Crippen LogP contribution in [0.4, 0.5) is 5.69 Å². The Kier molecular flexibility index (Phi) is 10.4. The van der Waals surface area contributed by atoms with Gasteiger partial charge in [-0.1, -0.05) is 41.4 Å². The predicted octanol–water partition coefficient (Wildman–Crippen LogP) is 5.57. The number of amides is 2. The van der Waals surface area contributed by atoms with E-state index in [0.717, 1.165) is 15.4 Å². The van der Waals surface area contributed by atoms with E-state index in [0.29, 0.717) is 17.4 Å². The Morgan fingerprint density at radius 1 is 1.00 bits per heavy atom. The topological polar surface area (TPSA) is 96.0 Å². The molecule has 0 spiro atoms. The van der Waals surface area contributed by atoms with Gasteiger partial charge in [0.25, 0.3) is 10.0 Å². The van der Waals surface area contributed by atoms with Crippen LogP contribution >= 0.6 is 11.6 Å². The lowest BCUT2D eigenvalue weighted by Crippen LogP contribution is -2.54. The molecule has 220 valence electrons. The summed E-state index contributed by atoms with van der Waals surface area (Å²) in [5.41, 5.74) is 1.58. The second kappa shape index (κ2) is 13.4. The molecule has 0 aliphatic carbocycles. The first-order valence-electron chi connectivity index (χ1n) is 13.4. The summed E-state index contributed by atoms with van der Waals surface area (Å²) in [4.78, 5) is 28.6. The molecule has 0 saturated carbocycles. The molecule has 41 heavy (non-hydrogen) atoms. The number of anilines is 1. The van der Waals surface area contributed by atoms with E-state index in [1.165, 1.54) is 29.2 Å². The van der Waals surface area contributed by atoms with Crippen molar-refractivity contribution in [2.24, 2.45) is 0 Å². The fourth-order valence-electron chi connectivity index (χ4n) is 4.20. The van der Waals surface area contributed by atoms with E-state index in [9.17, 15) is 18.0 Å². The van der Waals surface area contributed by atoms with Crippen LogP contribution in [0.15, 0.2) is 77.7 Å². The lowest BCUT2D eigenvalue weighted by atomic mass is 10.1. The van der Waals surface area contributed by atoms with Crippen molar-refractivity contribution >= 4 is 39.1 Å². The minimum atomic E-state index is -4.19. The maximum absolute atomic E-state index is 14.0. The van der Waals surface area contributed by atoms with Crippen molar-refractivity contribution in [3.63, 3.8) is 0 Å².